The predicted molar refractivity (Wildman–Crippen MR) is 156 cm³/mol. The quantitative estimate of drug-likeness (QED) is 0.0763. The predicted octanol–water partition coefficient (Wildman–Crippen LogP) is 11.7. The first-order valence-corrected chi connectivity index (χ1v) is 16.4. The first-order chi connectivity index (χ1) is 17.2. The summed E-state index contributed by atoms with van der Waals surface area (Å²) in [5.74, 6) is 0.631. The van der Waals surface area contributed by atoms with Crippen LogP contribution in [0, 0.1) is 5.92 Å². The maximum Gasteiger partial charge on any atom is 0.305 e. The summed E-state index contributed by atoms with van der Waals surface area (Å²) in [6.45, 7) is 7.51. The van der Waals surface area contributed by atoms with Gasteiger partial charge in [0.2, 0.25) is 0 Å². The Hall–Kier alpha value is -0.530. The molecule has 0 radical (unpaired) electrons. The van der Waals surface area contributed by atoms with E-state index in [0.29, 0.717) is 18.9 Å². The number of carbonyl (C=O) groups is 1. The van der Waals surface area contributed by atoms with Gasteiger partial charge < -0.3 is 4.74 Å². The summed E-state index contributed by atoms with van der Waals surface area (Å²) in [4.78, 5) is 12.3. The molecule has 210 valence electrons. The number of hydrogen-bond donors (Lipinski definition) is 0. The molecule has 1 unspecified atom stereocenters. The van der Waals surface area contributed by atoms with Crippen molar-refractivity contribution in [2.24, 2.45) is 5.92 Å². The Kier molecular flexibility index (Phi) is 29.2. The van der Waals surface area contributed by atoms with E-state index in [1.54, 1.807) is 0 Å². The number of unbranched alkanes of at least 4 members (excludes halogenated alkanes) is 21. The van der Waals surface area contributed by atoms with Crippen LogP contribution in [0.4, 0.5) is 0 Å². The highest BCUT2D eigenvalue weighted by atomic mass is 16.5. The van der Waals surface area contributed by atoms with Crippen LogP contribution in [0.25, 0.3) is 0 Å². The lowest BCUT2D eigenvalue weighted by molar-refractivity contribution is -0.145. The molecular formula is C33H66O2. The fourth-order valence-corrected chi connectivity index (χ4v) is 5.13. The summed E-state index contributed by atoms with van der Waals surface area (Å²) in [6, 6.07) is 0. The zero-order valence-electron chi connectivity index (χ0n) is 24.7. The second kappa shape index (κ2) is 29.7. The fourth-order valence-electron chi connectivity index (χ4n) is 5.13. The molecule has 0 aliphatic heterocycles. The van der Waals surface area contributed by atoms with Gasteiger partial charge in [-0.3, -0.25) is 4.79 Å². The zero-order valence-corrected chi connectivity index (χ0v) is 24.7. The Morgan fingerprint density at radius 3 is 1.14 bits per heavy atom. The van der Waals surface area contributed by atoms with Crippen LogP contribution in [0.2, 0.25) is 0 Å². The van der Waals surface area contributed by atoms with E-state index in [0.717, 1.165) is 6.42 Å². The van der Waals surface area contributed by atoms with E-state index >= 15 is 0 Å². The van der Waals surface area contributed by atoms with Crippen LogP contribution in [0.5, 0.6) is 0 Å². The normalized spacial score (nSPS) is 12.2. The first-order valence-electron chi connectivity index (χ1n) is 16.4. The fraction of sp³-hybridized carbons (Fsp3) is 0.970. The monoisotopic (exact) mass is 495 g/mol. The summed E-state index contributed by atoms with van der Waals surface area (Å²) in [5, 5.41) is 0. The Balaban J connectivity index is 3.92. The largest absolute Gasteiger partial charge is 0.465 e. The molecule has 0 saturated carbocycles. The van der Waals surface area contributed by atoms with E-state index < -0.39 is 0 Å². The van der Waals surface area contributed by atoms with Gasteiger partial charge in [-0.05, 0) is 25.2 Å². The average Bonchev–Trinajstić information content (AvgIpc) is 2.86. The average molecular weight is 495 g/mol. The molecule has 0 N–H and O–H groups in total. The highest BCUT2D eigenvalue weighted by molar-refractivity contribution is 5.69. The highest BCUT2D eigenvalue weighted by Crippen LogP contribution is 2.20. The van der Waals surface area contributed by atoms with Crippen molar-refractivity contribution in [2.45, 2.75) is 194 Å². The summed E-state index contributed by atoms with van der Waals surface area (Å²) in [7, 11) is 0. The van der Waals surface area contributed by atoms with Crippen molar-refractivity contribution in [1.29, 1.82) is 0 Å². The van der Waals surface area contributed by atoms with E-state index in [2.05, 4.69) is 20.8 Å². The van der Waals surface area contributed by atoms with Gasteiger partial charge in [-0.15, -0.1) is 0 Å². The van der Waals surface area contributed by atoms with E-state index in [9.17, 15) is 4.79 Å². The van der Waals surface area contributed by atoms with Crippen molar-refractivity contribution in [3.8, 4) is 0 Å². The lowest BCUT2D eigenvalue weighted by Crippen LogP contribution is -2.14. The Bertz CT molecular complexity index is 406. The molecule has 2 nitrogen and oxygen atoms in total. The van der Waals surface area contributed by atoms with Gasteiger partial charge in [0.1, 0.15) is 0 Å². The summed E-state index contributed by atoms with van der Waals surface area (Å²) >= 11 is 0. The number of carbonyl (C=O) groups excluding carboxylic acids is 1. The number of hydrogen-bond acceptors (Lipinski definition) is 2. The second-order valence-electron chi connectivity index (χ2n) is 11.3. The van der Waals surface area contributed by atoms with Gasteiger partial charge in [0.15, 0.2) is 0 Å². The van der Waals surface area contributed by atoms with E-state index in [-0.39, 0.29) is 5.97 Å². The van der Waals surface area contributed by atoms with Crippen molar-refractivity contribution in [2.75, 3.05) is 6.61 Å². The molecule has 0 aliphatic carbocycles. The third-order valence-electron chi connectivity index (χ3n) is 7.65. The Labute approximate surface area is 222 Å². The summed E-state index contributed by atoms with van der Waals surface area (Å²) in [6.07, 6.45) is 35.3. The molecule has 0 saturated heterocycles. The van der Waals surface area contributed by atoms with Gasteiger partial charge in [-0.1, -0.05) is 168 Å². The van der Waals surface area contributed by atoms with Crippen molar-refractivity contribution in [3.63, 3.8) is 0 Å². The van der Waals surface area contributed by atoms with Gasteiger partial charge in [0, 0.05) is 6.42 Å². The van der Waals surface area contributed by atoms with E-state index in [1.165, 1.54) is 161 Å². The van der Waals surface area contributed by atoms with Crippen LogP contribution in [-0.2, 0) is 9.53 Å². The second-order valence-corrected chi connectivity index (χ2v) is 11.3. The lowest BCUT2D eigenvalue weighted by atomic mass is 9.94. The molecule has 0 bridgehead atoms. The Morgan fingerprint density at radius 2 is 0.771 bits per heavy atom. The molecule has 0 heterocycles. The molecule has 0 aliphatic rings. The van der Waals surface area contributed by atoms with E-state index in [1.807, 2.05) is 0 Å². The minimum Gasteiger partial charge on any atom is -0.465 e. The lowest BCUT2D eigenvalue weighted by Gasteiger charge is -2.17. The van der Waals surface area contributed by atoms with Crippen LogP contribution in [-0.4, -0.2) is 12.6 Å². The maximum absolute atomic E-state index is 12.3. The van der Waals surface area contributed by atoms with Gasteiger partial charge in [0.05, 0.1) is 6.61 Å². The SMILES string of the molecule is CCCCCCCCCCCCC(=O)OCC(CCCCCCCC)CCCCCCCCCC. The van der Waals surface area contributed by atoms with Crippen LogP contribution in [0.1, 0.15) is 194 Å². The molecule has 35 heavy (non-hydrogen) atoms. The molecule has 0 amide bonds. The standard InChI is InChI=1S/C33H66O2/c1-4-7-10-13-16-18-19-21-24-27-30-33(34)35-31-32(28-25-22-15-12-9-6-3)29-26-23-20-17-14-11-8-5-2/h32H,4-31H2,1-3H3. The zero-order chi connectivity index (χ0) is 25.7. The van der Waals surface area contributed by atoms with Gasteiger partial charge >= 0.3 is 5.97 Å². The third kappa shape index (κ3) is 27.9. The smallest absolute Gasteiger partial charge is 0.305 e. The topological polar surface area (TPSA) is 26.3 Å². The van der Waals surface area contributed by atoms with Crippen LogP contribution < -0.4 is 0 Å². The summed E-state index contributed by atoms with van der Waals surface area (Å²) in [5.41, 5.74) is 0. The van der Waals surface area contributed by atoms with Crippen LogP contribution >= 0.6 is 0 Å². The summed E-state index contributed by atoms with van der Waals surface area (Å²) < 4.78 is 5.77. The van der Waals surface area contributed by atoms with Crippen molar-refractivity contribution in [1.82, 2.24) is 0 Å². The Morgan fingerprint density at radius 1 is 0.457 bits per heavy atom. The molecule has 0 aromatic rings. The van der Waals surface area contributed by atoms with Gasteiger partial charge in [0.25, 0.3) is 0 Å². The van der Waals surface area contributed by atoms with Crippen molar-refractivity contribution < 1.29 is 9.53 Å². The molecule has 0 spiro atoms. The van der Waals surface area contributed by atoms with Gasteiger partial charge in [-0.2, -0.15) is 0 Å². The molecule has 1 atom stereocenters. The number of esters is 1. The van der Waals surface area contributed by atoms with Crippen LogP contribution in [0.3, 0.4) is 0 Å². The minimum atomic E-state index is 0.0495. The molecule has 0 rings (SSSR count). The maximum atomic E-state index is 12.3. The van der Waals surface area contributed by atoms with Crippen molar-refractivity contribution >= 4 is 5.97 Å². The third-order valence-corrected chi connectivity index (χ3v) is 7.65. The molecule has 0 aromatic carbocycles. The highest BCUT2D eigenvalue weighted by Gasteiger charge is 2.12. The molecule has 0 fully saturated rings. The van der Waals surface area contributed by atoms with Gasteiger partial charge in [-0.25, -0.2) is 0 Å². The number of ether oxygens (including phenoxy) is 1. The first kappa shape index (κ1) is 34.5. The van der Waals surface area contributed by atoms with Crippen molar-refractivity contribution in [3.05, 3.63) is 0 Å². The van der Waals surface area contributed by atoms with E-state index in [4.69, 9.17) is 4.74 Å². The molecule has 2 heteroatoms. The minimum absolute atomic E-state index is 0.0495. The molecular weight excluding hydrogens is 428 g/mol. The number of rotatable bonds is 29. The molecule has 0 aromatic heterocycles. The van der Waals surface area contributed by atoms with Crippen LogP contribution in [0.15, 0.2) is 0 Å².